The van der Waals surface area contributed by atoms with Gasteiger partial charge in [0.2, 0.25) is 0 Å². The van der Waals surface area contributed by atoms with Crippen LogP contribution in [0, 0.1) is 0 Å². The summed E-state index contributed by atoms with van der Waals surface area (Å²) in [6.07, 6.45) is 2.50. The van der Waals surface area contributed by atoms with Gasteiger partial charge in [-0.3, -0.25) is 0 Å². The predicted octanol–water partition coefficient (Wildman–Crippen LogP) is 3.97. The van der Waals surface area contributed by atoms with Gasteiger partial charge >= 0.3 is 0 Å². The topological polar surface area (TPSA) is 44.5 Å². The van der Waals surface area contributed by atoms with Crippen LogP contribution in [-0.4, -0.2) is 19.8 Å². The molecule has 0 amide bonds. The Bertz CT molecular complexity index is 460. The molecule has 4 heteroatoms. The molecule has 3 nitrogen and oxygen atoms in total. The molecule has 1 aromatic carbocycles. The SMILES string of the molecule is C=C(C)CCOc1c(Cl)cc(CC(N)CC)cc1OC. The van der Waals surface area contributed by atoms with Crippen LogP contribution in [0.5, 0.6) is 11.5 Å². The first kappa shape index (κ1) is 16.9. The molecule has 1 unspecified atom stereocenters. The molecule has 0 aliphatic heterocycles. The smallest absolute Gasteiger partial charge is 0.179 e. The van der Waals surface area contributed by atoms with Crippen LogP contribution in [-0.2, 0) is 6.42 Å². The molecule has 1 atom stereocenters. The zero-order chi connectivity index (χ0) is 15.1. The van der Waals surface area contributed by atoms with Gasteiger partial charge in [-0.15, -0.1) is 6.58 Å². The Hall–Kier alpha value is -1.19. The highest BCUT2D eigenvalue weighted by Gasteiger charge is 2.13. The first-order chi connectivity index (χ1) is 9.47. The standard InChI is InChI=1S/C16H24ClNO2/c1-5-13(18)8-12-9-14(17)16(15(10-12)19-4)20-7-6-11(2)3/h9-10,13H,2,5-8,18H2,1,3-4H3. The molecule has 112 valence electrons. The van der Waals surface area contributed by atoms with E-state index in [1.54, 1.807) is 7.11 Å². The van der Waals surface area contributed by atoms with Gasteiger partial charge < -0.3 is 15.2 Å². The summed E-state index contributed by atoms with van der Waals surface area (Å²) in [5.41, 5.74) is 8.11. The molecule has 2 N–H and O–H groups in total. The number of ether oxygens (including phenoxy) is 2. The van der Waals surface area contributed by atoms with Crippen molar-refractivity contribution in [2.75, 3.05) is 13.7 Å². The van der Waals surface area contributed by atoms with Crippen LogP contribution in [0.25, 0.3) is 0 Å². The Morgan fingerprint density at radius 1 is 1.45 bits per heavy atom. The Morgan fingerprint density at radius 3 is 2.70 bits per heavy atom. The summed E-state index contributed by atoms with van der Waals surface area (Å²) in [6, 6.07) is 3.97. The maximum absolute atomic E-state index is 6.29. The van der Waals surface area contributed by atoms with Crippen molar-refractivity contribution in [3.8, 4) is 11.5 Å². The molecule has 0 aliphatic carbocycles. The van der Waals surface area contributed by atoms with Crippen LogP contribution in [0.1, 0.15) is 32.3 Å². The minimum Gasteiger partial charge on any atom is -0.493 e. The number of rotatable bonds is 8. The van der Waals surface area contributed by atoms with Gasteiger partial charge in [-0.25, -0.2) is 0 Å². The molecule has 0 aromatic heterocycles. The van der Waals surface area contributed by atoms with Crippen molar-refractivity contribution in [3.63, 3.8) is 0 Å². The van der Waals surface area contributed by atoms with Gasteiger partial charge in [-0.05, 0) is 37.5 Å². The first-order valence-corrected chi connectivity index (χ1v) is 7.24. The van der Waals surface area contributed by atoms with E-state index in [0.29, 0.717) is 23.1 Å². The molecule has 0 aliphatic rings. The summed E-state index contributed by atoms with van der Waals surface area (Å²) in [6.45, 7) is 8.43. The zero-order valence-corrected chi connectivity index (χ0v) is 13.3. The van der Waals surface area contributed by atoms with Crippen LogP contribution in [0.15, 0.2) is 24.3 Å². The second-order valence-corrected chi connectivity index (χ2v) is 5.44. The van der Waals surface area contributed by atoms with Crippen LogP contribution >= 0.6 is 11.6 Å². The third kappa shape index (κ3) is 5.06. The fourth-order valence-electron chi connectivity index (χ4n) is 1.81. The Balaban J connectivity index is 2.87. The average molecular weight is 298 g/mol. The molecule has 20 heavy (non-hydrogen) atoms. The van der Waals surface area contributed by atoms with E-state index in [9.17, 15) is 0 Å². The van der Waals surface area contributed by atoms with Crippen molar-refractivity contribution in [2.24, 2.45) is 5.73 Å². The minimum atomic E-state index is 0.131. The molecule has 1 aromatic rings. The summed E-state index contributed by atoms with van der Waals surface area (Å²) >= 11 is 6.29. The highest BCUT2D eigenvalue weighted by Crippen LogP contribution is 2.37. The Morgan fingerprint density at radius 2 is 2.15 bits per heavy atom. The average Bonchev–Trinajstić information content (AvgIpc) is 2.40. The molecule has 0 saturated heterocycles. The summed E-state index contributed by atoms with van der Waals surface area (Å²) in [4.78, 5) is 0. The summed E-state index contributed by atoms with van der Waals surface area (Å²) < 4.78 is 11.1. The van der Waals surface area contributed by atoms with Crippen LogP contribution in [0.2, 0.25) is 5.02 Å². The lowest BCUT2D eigenvalue weighted by Crippen LogP contribution is -2.21. The first-order valence-electron chi connectivity index (χ1n) is 6.87. The minimum absolute atomic E-state index is 0.131. The van der Waals surface area contributed by atoms with Gasteiger partial charge in [0.1, 0.15) is 0 Å². The zero-order valence-electron chi connectivity index (χ0n) is 12.5. The summed E-state index contributed by atoms with van der Waals surface area (Å²) in [5.74, 6) is 1.24. The van der Waals surface area contributed by atoms with Gasteiger partial charge in [0.05, 0.1) is 18.7 Å². The largest absolute Gasteiger partial charge is 0.493 e. The van der Waals surface area contributed by atoms with Crippen molar-refractivity contribution < 1.29 is 9.47 Å². The maximum atomic E-state index is 6.29. The molecule has 0 bridgehead atoms. The van der Waals surface area contributed by atoms with Gasteiger partial charge in [0.15, 0.2) is 11.5 Å². The van der Waals surface area contributed by atoms with Gasteiger partial charge in [0.25, 0.3) is 0 Å². The molecular weight excluding hydrogens is 274 g/mol. The van der Waals surface area contributed by atoms with Crippen LogP contribution in [0.4, 0.5) is 0 Å². The molecule has 0 saturated carbocycles. The fraction of sp³-hybridized carbons (Fsp3) is 0.500. The number of halogens is 1. The van der Waals surface area contributed by atoms with Crippen molar-refractivity contribution >= 4 is 11.6 Å². The van der Waals surface area contributed by atoms with E-state index in [-0.39, 0.29) is 6.04 Å². The van der Waals surface area contributed by atoms with E-state index in [1.807, 2.05) is 19.1 Å². The van der Waals surface area contributed by atoms with Crippen molar-refractivity contribution in [1.82, 2.24) is 0 Å². The second-order valence-electron chi connectivity index (χ2n) is 5.04. The normalized spacial score (nSPS) is 12.1. The van der Waals surface area contributed by atoms with Gasteiger partial charge in [0, 0.05) is 12.5 Å². The number of benzene rings is 1. The molecule has 0 fully saturated rings. The Labute approximate surface area is 126 Å². The van der Waals surface area contributed by atoms with Crippen molar-refractivity contribution in [2.45, 2.75) is 39.2 Å². The highest BCUT2D eigenvalue weighted by atomic mass is 35.5. The van der Waals surface area contributed by atoms with E-state index in [1.165, 1.54) is 0 Å². The monoisotopic (exact) mass is 297 g/mol. The van der Waals surface area contributed by atoms with Crippen LogP contribution < -0.4 is 15.2 Å². The van der Waals surface area contributed by atoms with Gasteiger partial charge in [-0.2, -0.15) is 0 Å². The predicted molar refractivity (Wildman–Crippen MR) is 84.9 cm³/mol. The second kappa shape index (κ2) is 8.18. The van der Waals surface area contributed by atoms with Crippen LogP contribution in [0.3, 0.4) is 0 Å². The van der Waals surface area contributed by atoms with E-state index >= 15 is 0 Å². The summed E-state index contributed by atoms with van der Waals surface area (Å²) in [5, 5.41) is 0.560. The third-order valence-corrected chi connectivity index (χ3v) is 3.37. The molecule has 0 spiro atoms. The third-order valence-electron chi connectivity index (χ3n) is 3.09. The van der Waals surface area contributed by atoms with E-state index in [2.05, 4.69) is 13.5 Å². The molecule has 1 rings (SSSR count). The van der Waals surface area contributed by atoms with E-state index in [0.717, 1.165) is 30.4 Å². The number of methoxy groups -OCH3 is 1. The quantitative estimate of drug-likeness (QED) is 0.738. The number of hydrogen-bond acceptors (Lipinski definition) is 3. The van der Waals surface area contributed by atoms with Gasteiger partial charge in [-0.1, -0.05) is 24.1 Å². The number of hydrogen-bond donors (Lipinski definition) is 1. The van der Waals surface area contributed by atoms with E-state index < -0.39 is 0 Å². The van der Waals surface area contributed by atoms with E-state index in [4.69, 9.17) is 26.8 Å². The molecule has 0 radical (unpaired) electrons. The lowest BCUT2D eigenvalue weighted by molar-refractivity contribution is 0.297. The molecule has 0 heterocycles. The maximum Gasteiger partial charge on any atom is 0.179 e. The highest BCUT2D eigenvalue weighted by molar-refractivity contribution is 6.32. The molecular formula is C16H24ClNO2. The summed E-state index contributed by atoms with van der Waals surface area (Å²) in [7, 11) is 1.61. The number of nitrogens with two attached hydrogens (primary N) is 1. The fourth-order valence-corrected chi connectivity index (χ4v) is 2.09. The Kier molecular flexibility index (Phi) is 6.89. The van der Waals surface area contributed by atoms with Crippen molar-refractivity contribution in [1.29, 1.82) is 0 Å². The lowest BCUT2D eigenvalue weighted by atomic mass is 10.0. The van der Waals surface area contributed by atoms with Crippen molar-refractivity contribution in [3.05, 3.63) is 34.9 Å². The lowest BCUT2D eigenvalue weighted by Gasteiger charge is -2.15.